The normalized spacial score (nSPS) is 17.4. The van der Waals surface area contributed by atoms with Gasteiger partial charge in [0, 0.05) is 7.11 Å². The van der Waals surface area contributed by atoms with Crippen molar-refractivity contribution in [3.63, 3.8) is 0 Å². The highest BCUT2D eigenvalue weighted by molar-refractivity contribution is 6.10. The van der Waals surface area contributed by atoms with Crippen LogP contribution in [0.4, 0.5) is 23.7 Å². The second-order valence-electron chi connectivity index (χ2n) is 8.11. The molecule has 37 heavy (non-hydrogen) atoms. The zero-order valence-electron chi connectivity index (χ0n) is 20.5. The van der Waals surface area contributed by atoms with E-state index in [1.165, 1.54) is 34.3 Å². The molecule has 10 nitrogen and oxygen atoms in total. The predicted octanol–water partition coefficient (Wildman–Crippen LogP) is 3.15. The van der Waals surface area contributed by atoms with Crippen LogP contribution in [0, 0.1) is 0 Å². The van der Waals surface area contributed by atoms with E-state index < -0.39 is 41.7 Å². The molecule has 0 radical (unpaired) electrons. The lowest BCUT2D eigenvalue weighted by molar-refractivity contribution is -0.137. The van der Waals surface area contributed by atoms with Gasteiger partial charge in [0.1, 0.15) is 24.4 Å². The zero-order valence-corrected chi connectivity index (χ0v) is 20.5. The summed E-state index contributed by atoms with van der Waals surface area (Å²) in [7, 11) is 4.28. The summed E-state index contributed by atoms with van der Waals surface area (Å²) in [4.78, 5) is 39.3. The lowest BCUT2D eigenvalue weighted by atomic mass is 9.91. The standard InChI is InChI=1S/C24H26F3N3O7/c1-23(14-5-8-18(35-3)19(12-14)36-4)21(32)30(22(33)29-23)13-20(31)28-16-11-15(24(25,26)27)6-7-17(16)37-10-9-34-2/h5-8,11-12H,9-10,13H2,1-4H3,(H,28,31)(H,29,33)/t23-/m1/s1. The number of anilines is 1. The second-order valence-corrected chi connectivity index (χ2v) is 8.11. The highest BCUT2D eigenvalue weighted by Crippen LogP contribution is 2.37. The molecule has 0 aliphatic carbocycles. The average molecular weight is 525 g/mol. The molecular weight excluding hydrogens is 499 g/mol. The Labute approximate surface area is 210 Å². The van der Waals surface area contributed by atoms with E-state index in [2.05, 4.69) is 10.6 Å². The summed E-state index contributed by atoms with van der Waals surface area (Å²) < 4.78 is 60.4. The fourth-order valence-electron chi connectivity index (χ4n) is 3.68. The van der Waals surface area contributed by atoms with Gasteiger partial charge in [0.15, 0.2) is 11.5 Å². The quantitative estimate of drug-likeness (QED) is 0.362. The van der Waals surface area contributed by atoms with Crippen LogP contribution in [0.15, 0.2) is 36.4 Å². The molecule has 1 fully saturated rings. The van der Waals surface area contributed by atoms with Crippen molar-refractivity contribution >= 4 is 23.5 Å². The van der Waals surface area contributed by atoms with Gasteiger partial charge in [0.25, 0.3) is 5.91 Å². The van der Waals surface area contributed by atoms with E-state index in [1.807, 2.05) is 0 Å². The number of carbonyl (C=O) groups excluding carboxylic acids is 3. The Kier molecular flexibility index (Phi) is 8.16. The minimum Gasteiger partial charge on any atom is -0.493 e. The van der Waals surface area contributed by atoms with Crippen molar-refractivity contribution in [1.29, 1.82) is 0 Å². The number of hydrogen-bond donors (Lipinski definition) is 2. The minimum absolute atomic E-state index is 0.0153. The molecular formula is C24H26F3N3O7. The number of nitrogens with one attached hydrogen (secondary N) is 2. The van der Waals surface area contributed by atoms with Crippen molar-refractivity contribution in [1.82, 2.24) is 10.2 Å². The number of imide groups is 1. The molecule has 0 spiro atoms. The number of benzene rings is 2. The smallest absolute Gasteiger partial charge is 0.416 e. The van der Waals surface area contributed by atoms with Crippen LogP contribution in [0.5, 0.6) is 17.2 Å². The van der Waals surface area contributed by atoms with Gasteiger partial charge in [-0.25, -0.2) is 4.79 Å². The summed E-state index contributed by atoms with van der Waals surface area (Å²) in [6.45, 7) is 0.884. The van der Waals surface area contributed by atoms with Gasteiger partial charge >= 0.3 is 12.2 Å². The van der Waals surface area contributed by atoms with Crippen molar-refractivity contribution in [3.8, 4) is 17.2 Å². The predicted molar refractivity (Wildman–Crippen MR) is 125 cm³/mol. The lowest BCUT2D eigenvalue weighted by Gasteiger charge is -2.23. The van der Waals surface area contributed by atoms with E-state index in [9.17, 15) is 27.6 Å². The number of amides is 4. The minimum atomic E-state index is -4.67. The summed E-state index contributed by atoms with van der Waals surface area (Å²) in [5.74, 6) is -0.945. The van der Waals surface area contributed by atoms with Crippen LogP contribution < -0.4 is 24.8 Å². The summed E-state index contributed by atoms with van der Waals surface area (Å²) in [6, 6.07) is 6.38. The van der Waals surface area contributed by atoms with Crippen LogP contribution >= 0.6 is 0 Å². The molecule has 1 heterocycles. The van der Waals surface area contributed by atoms with E-state index in [4.69, 9.17) is 18.9 Å². The number of ether oxygens (including phenoxy) is 4. The van der Waals surface area contributed by atoms with Crippen LogP contribution in [0.1, 0.15) is 18.1 Å². The first kappa shape index (κ1) is 27.6. The number of nitrogens with zero attached hydrogens (tertiary/aromatic N) is 1. The van der Waals surface area contributed by atoms with Crippen molar-refractivity contribution in [3.05, 3.63) is 47.5 Å². The summed E-state index contributed by atoms with van der Waals surface area (Å²) in [6.07, 6.45) is -4.67. The van der Waals surface area contributed by atoms with E-state index in [0.29, 0.717) is 28.0 Å². The Bertz CT molecular complexity index is 1190. The summed E-state index contributed by atoms with van der Waals surface area (Å²) >= 11 is 0. The first-order valence-corrected chi connectivity index (χ1v) is 10.9. The fourth-order valence-corrected chi connectivity index (χ4v) is 3.68. The van der Waals surface area contributed by atoms with E-state index in [1.54, 1.807) is 12.1 Å². The molecule has 1 aliphatic heterocycles. The first-order valence-electron chi connectivity index (χ1n) is 10.9. The maximum Gasteiger partial charge on any atom is 0.416 e. The molecule has 0 saturated carbocycles. The van der Waals surface area contributed by atoms with Gasteiger partial charge in [-0.05, 0) is 42.8 Å². The van der Waals surface area contributed by atoms with Crippen molar-refractivity contribution in [2.75, 3.05) is 46.4 Å². The second kappa shape index (κ2) is 10.9. The molecule has 2 aromatic carbocycles. The summed E-state index contributed by atoms with van der Waals surface area (Å²) in [5.41, 5.74) is -2.44. The number of rotatable bonds is 10. The van der Waals surface area contributed by atoms with E-state index in [-0.39, 0.29) is 24.7 Å². The molecule has 0 aromatic heterocycles. The van der Waals surface area contributed by atoms with Gasteiger partial charge in [0.2, 0.25) is 5.91 Å². The van der Waals surface area contributed by atoms with Crippen LogP contribution in [-0.4, -0.2) is 63.8 Å². The van der Waals surface area contributed by atoms with Gasteiger partial charge in [-0.1, -0.05) is 6.07 Å². The molecule has 1 atom stereocenters. The molecule has 2 aromatic rings. The maximum atomic E-state index is 13.2. The van der Waals surface area contributed by atoms with E-state index in [0.717, 1.165) is 12.1 Å². The number of alkyl halides is 3. The van der Waals surface area contributed by atoms with Crippen molar-refractivity contribution in [2.45, 2.75) is 18.6 Å². The number of hydrogen-bond acceptors (Lipinski definition) is 7. The number of methoxy groups -OCH3 is 3. The van der Waals surface area contributed by atoms with Gasteiger partial charge in [-0.15, -0.1) is 0 Å². The van der Waals surface area contributed by atoms with Crippen LogP contribution in [0.25, 0.3) is 0 Å². The molecule has 0 bridgehead atoms. The van der Waals surface area contributed by atoms with Gasteiger partial charge in [-0.2, -0.15) is 13.2 Å². The molecule has 0 unspecified atom stereocenters. The topological polar surface area (TPSA) is 115 Å². The third kappa shape index (κ3) is 5.88. The number of urea groups is 1. The largest absolute Gasteiger partial charge is 0.493 e. The Morgan fingerprint density at radius 1 is 1.00 bits per heavy atom. The molecule has 13 heteroatoms. The third-order valence-corrected chi connectivity index (χ3v) is 5.66. The molecule has 200 valence electrons. The van der Waals surface area contributed by atoms with Gasteiger partial charge < -0.3 is 29.6 Å². The molecule has 3 rings (SSSR count). The van der Waals surface area contributed by atoms with Crippen molar-refractivity contribution in [2.24, 2.45) is 0 Å². The Hall–Kier alpha value is -4.00. The zero-order chi connectivity index (χ0) is 27.4. The van der Waals surface area contributed by atoms with Crippen molar-refractivity contribution < 1.29 is 46.5 Å². The van der Waals surface area contributed by atoms with E-state index >= 15 is 0 Å². The fraction of sp³-hybridized carbons (Fsp3) is 0.375. The molecule has 1 aliphatic rings. The number of carbonyl (C=O) groups is 3. The lowest BCUT2D eigenvalue weighted by Crippen LogP contribution is -2.42. The highest BCUT2D eigenvalue weighted by Gasteiger charge is 2.49. The molecule has 4 amide bonds. The molecule has 1 saturated heterocycles. The Morgan fingerprint density at radius 3 is 2.30 bits per heavy atom. The maximum absolute atomic E-state index is 13.2. The third-order valence-electron chi connectivity index (χ3n) is 5.66. The van der Waals surface area contributed by atoms with Crippen LogP contribution in [0.2, 0.25) is 0 Å². The first-order chi connectivity index (χ1) is 17.4. The van der Waals surface area contributed by atoms with Gasteiger partial charge in [0.05, 0.1) is 32.1 Å². The SMILES string of the molecule is COCCOc1ccc(C(F)(F)F)cc1NC(=O)CN1C(=O)N[C@](C)(c2ccc(OC)c(OC)c2)C1=O. The molecule has 2 N–H and O–H groups in total. The highest BCUT2D eigenvalue weighted by atomic mass is 19.4. The van der Waals surface area contributed by atoms with Gasteiger partial charge in [-0.3, -0.25) is 14.5 Å². The van der Waals surface area contributed by atoms with Crippen LogP contribution in [0.3, 0.4) is 0 Å². The number of halogens is 3. The Balaban J connectivity index is 1.81. The summed E-state index contributed by atoms with van der Waals surface area (Å²) in [5, 5.41) is 4.86. The Morgan fingerprint density at radius 2 is 1.68 bits per heavy atom. The average Bonchev–Trinajstić information content (AvgIpc) is 3.07. The monoisotopic (exact) mass is 525 g/mol. The van der Waals surface area contributed by atoms with Crippen LogP contribution in [-0.2, 0) is 26.0 Å².